The van der Waals surface area contributed by atoms with E-state index in [2.05, 4.69) is 10.3 Å². The second-order valence-electron chi connectivity index (χ2n) is 7.70. The quantitative estimate of drug-likeness (QED) is 0.890. The Kier molecular flexibility index (Phi) is 4.20. The van der Waals surface area contributed by atoms with E-state index >= 15 is 0 Å². The number of nitrogens with one attached hydrogen (secondary N) is 1. The van der Waals surface area contributed by atoms with Gasteiger partial charge in [-0.25, -0.2) is 4.98 Å². The van der Waals surface area contributed by atoms with Crippen molar-refractivity contribution in [3.05, 3.63) is 30.1 Å². The van der Waals surface area contributed by atoms with Crippen molar-refractivity contribution < 1.29 is 18.0 Å². The number of rotatable bonds is 4. The SMILES string of the molecule is CC(NC(=O)Cn1c(C(F)(F)F)nc2ccccc21)C1CC2CCC1C2. The van der Waals surface area contributed by atoms with E-state index in [4.69, 9.17) is 0 Å². The third-order valence-corrected chi connectivity index (χ3v) is 6.03. The second kappa shape index (κ2) is 6.28. The molecule has 26 heavy (non-hydrogen) atoms. The molecule has 0 aliphatic heterocycles. The highest BCUT2D eigenvalue weighted by Gasteiger charge is 2.42. The van der Waals surface area contributed by atoms with Crippen LogP contribution in [0, 0.1) is 17.8 Å². The van der Waals surface area contributed by atoms with Gasteiger partial charge in [0.15, 0.2) is 0 Å². The van der Waals surface area contributed by atoms with Crippen LogP contribution >= 0.6 is 0 Å². The van der Waals surface area contributed by atoms with E-state index in [1.807, 2.05) is 6.92 Å². The zero-order chi connectivity index (χ0) is 18.5. The summed E-state index contributed by atoms with van der Waals surface area (Å²) in [5.74, 6) is 0.434. The van der Waals surface area contributed by atoms with E-state index in [1.165, 1.54) is 25.3 Å². The highest BCUT2D eigenvalue weighted by Crippen LogP contribution is 2.49. The summed E-state index contributed by atoms with van der Waals surface area (Å²) >= 11 is 0. The molecule has 2 saturated carbocycles. The topological polar surface area (TPSA) is 46.9 Å². The molecule has 0 saturated heterocycles. The van der Waals surface area contributed by atoms with Crippen LogP contribution in [0.4, 0.5) is 13.2 Å². The summed E-state index contributed by atoms with van der Waals surface area (Å²) in [6.07, 6.45) is 0.233. The van der Waals surface area contributed by atoms with Gasteiger partial charge >= 0.3 is 6.18 Å². The van der Waals surface area contributed by atoms with Crippen LogP contribution in [-0.4, -0.2) is 21.5 Å². The number of aromatic nitrogens is 2. The van der Waals surface area contributed by atoms with E-state index in [9.17, 15) is 18.0 Å². The summed E-state index contributed by atoms with van der Waals surface area (Å²) in [5.41, 5.74) is 0.566. The van der Waals surface area contributed by atoms with Crippen molar-refractivity contribution in [2.24, 2.45) is 17.8 Å². The number of nitrogens with zero attached hydrogens (tertiary/aromatic N) is 2. The first-order chi connectivity index (χ1) is 12.3. The van der Waals surface area contributed by atoms with Crippen molar-refractivity contribution in [2.75, 3.05) is 0 Å². The van der Waals surface area contributed by atoms with Crippen LogP contribution in [-0.2, 0) is 17.5 Å². The Morgan fingerprint density at radius 1 is 1.31 bits per heavy atom. The van der Waals surface area contributed by atoms with Crippen LogP contribution in [0.25, 0.3) is 11.0 Å². The van der Waals surface area contributed by atoms with Crippen molar-refractivity contribution in [1.29, 1.82) is 0 Å². The Morgan fingerprint density at radius 3 is 2.73 bits per heavy atom. The summed E-state index contributed by atoms with van der Waals surface area (Å²) in [6, 6.07) is 6.36. The third-order valence-electron chi connectivity index (χ3n) is 6.03. The highest BCUT2D eigenvalue weighted by molar-refractivity contribution is 5.81. The largest absolute Gasteiger partial charge is 0.449 e. The molecule has 1 amide bonds. The molecular formula is C19H22F3N3O. The molecule has 1 aromatic heterocycles. The molecule has 1 heterocycles. The number of halogens is 3. The number of para-hydroxylation sites is 2. The summed E-state index contributed by atoms with van der Waals surface area (Å²) in [6.45, 7) is 1.60. The highest BCUT2D eigenvalue weighted by atomic mass is 19.4. The average Bonchev–Trinajstić information content (AvgIpc) is 3.28. The number of carbonyl (C=O) groups excluding carboxylic acids is 1. The van der Waals surface area contributed by atoms with Gasteiger partial charge in [-0.2, -0.15) is 13.2 Å². The van der Waals surface area contributed by atoms with E-state index in [1.54, 1.807) is 18.2 Å². The maximum atomic E-state index is 13.3. The fourth-order valence-electron chi connectivity index (χ4n) is 4.91. The van der Waals surface area contributed by atoms with Gasteiger partial charge in [-0.3, -0.25) is 4.79 Å². The summed E-state index contributed by atoms with van der Waals surface area (Å²) in [7, 11) is 0. The van der Waals surface area contributed by atoms with Crippen molar-refractivity contribution in [3.63, 3.8) is 0 Å². The average molecular weight is 365 g/mol. The monoisotopic (exact) mass is 365 g/mol. The lowest BCUT2D eigenvalue weighted by Gasteiger charge is -2.28. The molecule has 1 N–H and O–H groups in total. The number of carbonyl (C=O) groups is 1. The first-order valence-electron chi connectivity index (χ1n) is 9.14. The van der Waals surface area contributed by atoms with Gasteiger partial charge in [0.2, 0.25) is 11.7 Å². The Morgan fingerprint density at radius 2 is 2.08 bits per heavy atom. The van der Waals surface area contributed by atoms with Crippen LogP contribution in [0.5, 0.6) is 0 Å². The van der Waals surface area contributed by atoms with Crippen molar-refractivity contribution in [2.45, 2.75) is 51.4 Å². The van der Waals surface area contributed by atoms with Crippen molar-refractivity contribution >= 4 is 16.9 Å². The van der Waals surface area contributed by atoms with Crippen molar-refractivity contribution in [1.82, 2.24) is 14.9 Å². The molecule has 1 aromatic carbocycles. The molecule has 2 aliphatic carbocycles. The normalized spacial score (nSPS) is 26.4. The maximum Gasteiger partial charge on any atom is 0.449 e. The maximum absolute atomic E-state index is 13.3. The number of amides is 1. The fourth-order valence-corrected chi connectivity index (χ4v) is 4.91. The van der Waals surface area contributed by atoms with Crippen LogP contribution < -0.4 is 5.32 Å². The molecule has 4 unspecified atom stereocenters. The predicted molar refractivity (Wildman–Crippen MR) is 91.3 cm³/mol. The van der Waals surface area contributed by atoms with Crippen LogP contribution in [0.2, 0.25) is 0 Å². The Bertz CT molecular complexity index is 829. The fraction of sp³-hybridized carbons (Fsp3) is 0.579. The minimum atomic E-state index is -4.60. The van der Waals surface area contributed by atoms with Gasteiger partial charge in [0.25, 0.3) is 0 Å². The second-order valence-corrected chi connectivity index (χ2v) is 7.70. The molecule has 2 bridgehead atoms. The number of hydrogen-bond acceptors (Lipinski definition) is 2. The molecule has 4 nitrogen and oxygen atoms in total. The predicted octanol–water partition coefficient (Wildman–Crippen LogP) is 4.00. The minimum Gasteiger partial charge on any atom is -0.352 e. The molecule has 0 spiro atoms. The molecule has 0 radical (unpaired) electrons. The molecule has 140 valence electrons. The van der Waals surface area contributed by atoms with Gasteiger partial charge in [-0.15, -0.1) is 0 Å². The lowest BCUT2D eigenvalue weighted by Crippen LogP contribution is -2.41. The molecule has 2 fully saturated rings. The standard InChI is InChI=1S/C19H22F3N3O/c1-11(14-9-12-6-7-13(14)8-12)23-17(26)10-25-16-5-3-2-4-15(16)24-18(25)19(20,21)22/h2-5,11-14H,6-10H2,1H3,(H,23,26). The lowest BCUT2D eigenvalue weighted by molar-refractivity contribution is -0.147. The molecule has 4 atom stereocenters. The van der Waals surface area contributed by atoms with E-state index in [-0.39, 0.29) is 18.1 Å². The van der Waals surface area contributed by atoms with Crippen molar-refractivity contribution in [3.8, 4) is 0 Å². The number of fused-ring (bicyclic) bond motifs is 3. The van der Waals surface area contributed by atoms with E-state index < -0.39 is 17.9 Å². The molecule has 2 aromatic rings. The minimum absolute atomic E-state index is 0.0121. The number of imidazole rings is 1. The summed E-state index contributed by atoms with van der Waals surface area (Å²) in [4.78, 5) is 16.2. The first-order valence-corrected chi connectivity index (χ1v) is 9.14. The van der Waals surface area contributed by atoms with Gasteiger partial charge in [0, 0.05) is 6.04 Å². The summed E-state index contributed by atoms with van der Waals surface area (Å²) < 4.78 is 41.0. The van der Waals surface area contributed by atoms with E-state index in [0.717, 1.165) is 16.9 Å². The van der Waals surface area contributed by atoms with Crippen LogP contribution in [0.3, 0.4) is 0 Å². The van der Waals surface area contributed by atoms with Gasteiger partial charge in [0.1, 0.15) is 6.54 Å². The van der Waals surface area contributed by atoms with Gasteiger partial charge in [-0.1, -0.05) is 18.6 Å². The van der Waals surface area contributed by atoms with Gasteiger partial charge < -0.3 is 9.88 Å². The van der Waals surface area contributed by atoms with Gasteiger partial charge in [0.05, 0.1) is 11.0 Å². The zero-order valence-corrected chi connectivity index (χ0v) is 14.6. The third kappa shape index (κ3) is 3.08. The first kappa shape index (κ1) is 17.4. The molecule has 7 heteroatoms. The zero-order valence-electron chi connectivity index (χ0n) is 14.6. The number of alkyl halides is 3. The Labute approximate surface area is 149 Å². The van der Waals surface area contributed by atoms with Crippen LogP contribution in [0.15, 0.2) is 24.3 Å². The number of hydrogen-bond donors (Lipinski definition) is 1. The summed E-state index contributed by atoms with van der Waals surface area (Å²) in [5, 5.41) is 2.93. The molecule has 2 aliphatic rings. The number of benzene rings is 1. The van der Waals surface area contributed by atoms with Crippen LogP contribution in [0.1, 0.15) is 38.4 Å². The smallest absolute Gasteiger partial charge is 0.352 e. The molecule has 4 rings (SSSR count). The van der Waals surface area contributed by atoms with E-state index in [0.29, 0.717) is 17.4 Å². The Hall–Kier alpha value is -2.05. The lowest BCUT2D eigenvalue weighted by atomic mass is 9.84. The van der Waals surface area contributed by atoms with Gasteiger partial charge in [-0.05, 0) is 56.1 Å². The molecular weight excluding hydrogens is 343 g/mol. The Balaban J connectivity index is 1.52.